The smallest absolute Gasteiger partial charge is 0.254 e. The lowest BCUT2D eigenvalue weighted by Crippen LogP contribution is -2.30. The number of amides is 1. The lowest BCUT2D eigenvalue weighted by molar-refractivity contribution is 0.0735. The number of nitrogen functional groups attached to an aromatic ring is 1. The van der Waals surface area contributed by atoms with Gasteiger partial charge in [-0.15, -0.1) is 12.4 Å². The molecule has 1 heterocycles. The monoisotopic (exact) mass is 316 g/mol. The summed E-state index contributed by atoms with van der Waals surface area (Å²) in [5.74, 6) is 0.0753. The van der Waals surface area contributed by atoms with Crippen molar-refractivity contribution in [1.82, 2.24) is 4.90 Å². The van der Waals surface area contributed by atoms with Crippen molar-refractivity contribution in [3.63, 3.8) is 0 Å². The molecule has 3 rings (SSSR count). The molecule has 2 aromatic carbocycles. The summed E-state index contributed by atoms with van der Waals surface area (Å²) in [6.45, 7) is 2.90. The van der Waals surface area contributed by atoms with Crippen molar-refractivity contribution in [3.05, 3.63) is 65.2 Å². The Hall–Kier alpha value is -2.00. The van der Waals surface area contributed by atoms with Gasteiger partial charge in [-0.2, -0.15) is 0 Å². The summed E-state index contributed by atoms with van der Waals surface area (Å²) >= 11 is 0. The number of halogens is 1. The van der Waals surface area contributed by atoms with Crippen LogP contribution in [0.5, 0.6) is 0 Å². The normalized spacial score (nSPS) is 17.1. The number of carbonyl (C=O) groups is 1. The average Bonchev–Trinajstić information content (AvgIpc) is 2.96. The maximum Gasteiger partial charge on any atom is 0.254 e. The zero-order valence-corrected chi connectivity index (χ0v) is 13.5. The van der Waals surface area contributed by atoms with E-state index in [-0.39, 0.29) is 24.4 Å². The first kappa shape index (κ1) is 16.4. The Labute approximate surface area is 137 Å². The number of benzene rings is 2. The Balaban J connectivity index is 0.00000176. The van der Waals surface area contributed by atoms with Crippen LogP contribution in [0.4, 0.5) is 5.69 Å². The van der Waals surface area contributed by atoms with Gasteiger partial charge in [0.25, 0.3) is 5.91 Å². The highest BCUT2D eigenvalue weighted by Gasteiger charge is 2.30. The number of rotatable bonds is 2. The number of hydrogen-bond donors (Lipinski definition) is 1. The second-order valence-electron chi connectivity index (χ2n) is 5.70. The molecule has 22 heavy (non-hydrogen) atoms. The van der Waals surface area contributed by atoms with E-state index in [1.807, 2.05) is 17.0 Å². The highest BCUT2D eigenvalue weighted by Crippen LogP contribution is 2.33. The molecule has 0 bridgehead atoms. The Morgan fingerprint density at radius 3 is 2.68 bits per heavy atom. The van der Waals surface area contributed by atoms with Gasteiger partial charge in [0.2, 0.25) is 0 Å². The van der Waals surface area contributed by atoms with Gasteiger partial charge in [0, 0.05) is 17.8 Å². The fourth-order valence-electron chi connectivity index (χ4n) is 3.07. The quantitative estimate of drug-likeness (QED) is 0.852. The van der Waals surface area contributed by atoms with Crippen LogP contribution in [-0.4, -0.2) is 17.4 Å². The van der Waals surface area contributed by atoms with Crippen LogP contribution in [0.25, 0.3) is 0 Å². The van der Waals surface area contributed by atoms with Crippen LogP contribution in [0, 0.1) is 6.92 Å². The van der Waals surface area contributed by atoms with E-state index >= 15 is 0 Å². The Morgan fingerprint density at radius 2 is 1.95 bits per heavy atom. The Morgan fingerprint density at radius 1 is 1.18 bits per heavy atom. The molecule has 1 aliphatic rings. The Bertz CT molecular complexity index is 672. The van der Waals surface area contributed by atoms with Crippen molar-refractivity contribution in [2.24, 2.45) is 0 Å². The van der Waals surface area contributed by atoms with Crippen molar-refractivity contribution in [3.8, 4) is 0 Å². The molecule has 1 fully saturated rings. The molecule has 4 heteroatoms. The molecule has 1 saturated heterocycles. The fourth-order valence-corrected chi connectivity index (χ4v) is 3.07. The van der Waals surface area contributed by atoms with Crippen molar-refractivity contribution in [2.45, 2.75) is 25.8 Å². The maximum absolute atomic E-state index is 12.7. The third-order valence-electron chi connectivity index (χ3n) is 4.07. The first-order valence-corrected chi connectivity index (χ1v) is 7.38. The molecule has 2 N–H and O–H groups in total. The van der Waals surface area contributed by atoms with Crippen LogP contribution in [0.15, 0.2) is 48.5 Å². The minimum Gasteiger partial charge on any atom is -0.399 e. The molecule has 0 aromatic heterocycles. The summed E-state index contributed by atoms with van der Waals surface area (Å²) in [5.41, 5.74) is 9.56. The molecule has 0 spiro atoms. The maximum atomic E-state index is 12.7. The number of hydrogen-bond acceptors (Lipinski definition) is 2. The third kappa shape index (κ3) is 3.25. The summed E-state index contributed by atoms with van der Waals surface area (Å²) < 4.78 is 0. The zero-order chi connectivity index (χ0) is 14.8. The highest BCUT2D eigenvalue weighted by atomic mass is 35.5. The third-order valence-corrected chi connectivity index (χ3v) is 4.07. The molecule has 2 aromatic rings. The topological polar surface area (TPSA) is 46.3 Å². The second kappa shape index (κ2) is 6.84. The molecule has 116 valence electrons. The van der Waals surface area contributed by atoms with Crippen LogP contribution in [0.2, 0.25) is 0 Å². The van der Waals surface area contributed by atoms with Crippen LogP contribution in [0.1, 0.15) is 40.4 Å². The van der Waals surface area contributed by atoms with Crippen molar-refractivity contribution < 1.29 is 4.79 Å². The van der Waals surface area contributed by atoms with Gasteiger partial charge in [0.15, 0.2) is 0 Å². The fraction of sp³-hybridized carbons (Fsp3) is 0.278. The largest absolute Gasteiger partial charge is 0.399 e. The molecular weight excluding hydrogens is 296 g/mol. The average molecular weight is 317 g/mol. The molecule has 0 aliphatic carbocycles. The van der Waals surface area contributed by atoms with Gasteiger partial charge in [-0.1, -0.05) is 35.9 Å². The van der Waals surface area contributed by atoms with E-state index in [0.29, 0.717) is 11.3 Å². The lowest BCUT2D eigenvalue weighted by atomic mass is 10.0. The number of nitrogens with two attached hydrogens (primary N) is 1. The molecule has 0 saturated carbocycles. The summed E-state index contributed by atoms with van der Waals surface area (Å²) in [5, 5.41) is 0. The van der Waals surface area contributed by atoms with Crippen LogP contribution >= 0.6 is 12.4 Å². The Kier molecular flexibility index (Phi) is 5.09. The first-order valence-electron chi connectivity index (χ1n) is 7.38. The molecule has 1 aliphatic heterocycles. The predicted molar refractivity (Wildman–Crippen MR) is 92.3 cm³/mol. The van der Waals surface area contributed by atoms with Gasteiger partial charge in [0.05, 0.1) is 6.04 Å². The van der Waals surface area contributed by atoms with Crippen molar-refractivity contribution >= 4 is 24.0 Å². The van der Waals surface area contributed by atoms with Crippen molar-refractivity contribution in [2.75, 3.05) is 12.3 Å². The van der Waals surface area contributed by atoms with Gasteiger partial charge in [-0.25, -0.2) is 0 Å². The van der Waals surface area contributed by atoms with E-state index in [9.17, 15) is 4.79 Å². The number of likely N-dealkylation sites (tertiary alicyclic amines) is 1. The van der Waals surface area contributed by atoms with E-state index in [0.717, 1.165) is 19.4 Å². The van der Waals surface area contributed by atoms with Crippen LogP contribution in [0.3, 0.4) is 0 Å². The molecule has 1 atom stereocenters. The second-order valence-corrected chi connectivity index (χ2v) is 5.70. The summed E-state index contributed by atoms with van der Waals surface area (Å²) in [6, 6.07) is 15.9. The molecular formula is C18H21ClN2O. The van der Waals surface area contributed by atoms with Crippen molar-refractivity contribution in [1.29, 1.82) is 0 Å². The number of anilines is 1. The first-order chi connectivity index (χ1) is 10.1. The van der Waals surface area contributed by atoms with Gasteiger partial charge < -0.3 is 10.6 Å². The minimum atomic E-state index is 0. The van der Waals surface area contributed by atoms with Crippen LogP contribution < -0.4 is 5.73 Å². The van der Waals surface area contributed by atoms with E-state index < -0.39 is 0 Å². The van der Waals surface area contributed by atoms with Gasteiger partial charge in [-0.3, -0.25) is 4.79 Å². The van der Waals surface area contributed by atoms with E-state index in [2.05, 4.69) is 31.2 Å². The molecule has 1 unspecified atom stereocenters. The molecule has 0 radical (unpaired) electrons. The summed E-state index contributed by atoms with van der Waals surface area (Å²) in [4.78, 5) is 14.7. The van der Waals surface area contributed by atoms with Gasteiger partial charge >= 0.3 is 0 Å². The highest BCUT2D eigenvalue weighted by molar-refractivity contribution is 5.95. The minimum absolute atomic E-state index is 0. The van der Waals surface area contributed by atoms with E-state index in [1.54, 1.807) is 12.1 Å². The predicted octanol–water partition coefficient (Wildman–Crippen LogP) is 3.98. The van der Waals surface area contributed by atoms with E-state index in [4.69, 9.17) is 5.73 Å². The summed E-state index contributed by atoms with van der Waals surface area (Å²) in [6.07, 6.45) is 2.07. The SMILES string of the molecule is Cc1cccc(C2CCCN2C(=O)c2cccc(N)c2)c1.Cl. The van der Waals surface area contributed by atoms with Gasteiger partial charge in [0.1, 0.15) is 0 Å². The van der Waals surface area contributed by atoms with Gasteiger partial charge in [-0.05, 0) is 43.5 Å². The molecule has 3 nitrogen and oxygen atoms in total. The summed E-state index contributed by atoms with van der Waals surface area (Å²) in [7, 11) is 0. The number of nitrogens with zero attached hydrogens (tertiary/aromatic N) is 1. The van der Waals surface area contributed by atoms with E-state index in [1.165, 1.54) is 11.1 Å². The lowest BCUT2D eigenvalue weighted by Gasteiger charge is -2.25. The zero-order valence-electron chi connectivity index (χ0n) is 12.7. The van der Waals surface area contributed by atoms with Crippen LogP contribution in [-0.2, 0) is 0 Å². The number of aryl methyl sites for hydroxylation is 1. The number of carbonyl (C=O) groups excluding carboxylic acids is 1. The molecule has 1 amide bonds. The standard InChI is InChI=1S/C18H20N2O.ClH/c1-13-5-2-6-14(11-13)17-9-4-10-20(17)18(21)15-7-3-8-16(19)12-15;/h2-3,5-8,11-12,17H,4,9-10,19H2,1H3;1H.